The molecule has 9 heteroatoms. The second-order valence-corrected chi connectivity index (χ2v) is 10.4. The Balaban J connectivity index is -0.000000563. The quantitative estimate of drug-likeness (QED) is 0.107. The minimum absolute atomic E-state index is 0.134. The maximum atomic E-state index is 10.6. The Morgan fingerprint density at radius 1 is 0.735 bits per heavy atom. The van der Waals surface area contributed by atoms with Gasteiger partial charge in [-0.15, -0.1) is 0 Å². The van der Waals surface area contributed by atoms with Crippen molar-refractivity contribution < 1.29 is 29.1 Å². The van der Waals surface area contributed by atoms with E-state index in [1.54, 1.807) is 0 Å². The first-order chi connectivity index (χ1) is 15.9. The molecular formula is C25H57N2O6P. The Morgan fingerprint density at radius 2 is 1.06 bits per heavy atom. The number of carbonyl (C=O) groups is 1. The van der Waals surface area contributed by atoms with E-state index in [0.717, 1.165) is 25.8 Å². The lowest BCUT2D eigenvalue weighted by Crippen LogP contribution is -2.25. The van der Waals surface area contributed by atoms with Crippen LogP contribution in [0.2, 0.25) is 0 Å². The van der Waals surface area contributed by atoms with Crippen LogP contribution in [0.1, 0.15) is 129 Å². The lowest BCUT2D eigenvalue weighted by molar-refractivity contribution is -0.118. The highest BCUT2D eigenvalue weighted by atomic mass is 31.2. The Morgan fingerprint density at radius 3 is 1.32 bits per heavy atom. The fourth-order valence-electron chi connectivity index (χ4n) is 3.52. The van der Waals surface area contributed by atoms with Gasteiger partial charge in [0.1, 0.15) is 0 Å². The molecule has 0 aliphatic carbocycles. The average Bonchev–Trinajstić information content (AvgIpc) is 2.69. The topological polar surface area (TPSA) is 144 Å². The van der Waals surface area contributed by atoms with E-state index in [1.165, 1.54) is 89.9 Å². The monoisotopic (exact) mass is 512 g/mol. The molecule has 0 saturated heterocycles. The molecular weight excluding hydrogens is 455 g/mol. The summed E-state index contributed by atoms with van der Waals surface area (Å²) < 4.78 is 8.88. The van der Waals surface area contributed by atoms with Gasteiger partial charge >= 0.3 is 7.82 Å². The molecule has 1 amide bonds. The van der Waals surface area contributed by atoms with Crippen LogP contribution < -0.4 is 5.73 Å². The van der Waals surface area contributed by atoms with Crippen molar-refractivity contribution >= 4 is 13.7 Å². The van der Waals surface area contributed by atoms with E-state index in [-0.39, 0.29) is 12.0 Å². The van der Waals surface area contributed by atoms with E-state index >= 15 is 0 Å². The van der Waals surface area contributed by atoms with Crippen molar-refractivity contribution in [1.82, 2.24) is 4.90 Å². The number of hydrogen-bond acceptors (Lipinski definition) is 4. The molecule has 0 aromatic heterocycles. The predicted molar refractivity (Wildman–Crippen MR) is 142 cm³/mol. The summed E-state index contributed by atoms with van der Waals surface area (Å²) in [6, 6.07) is 0. The molecule has 34 heavy (non-hydrogen) atoms. The first kappa shape index (κ1) is 38.0. The van der Waals surface area contributed by atoms with Crippen molar-refractivity contribution in [2.24, 2.45) is 5.73 Å². The number of aliphatic hydroxyl groups excluding tert-OH is 1. The molecule has 0 saturated carbocycles. The summed E-state index contributed by atoms with van der Waals surface area (Å²) in [6.45, 7) is 5.14. The normalized spacial score (nSPS) is 11.9. The van der Waals surface area contributed by atoms with Crippen molar-refractivity contribution in [3.05, 3.63) is 0 Å². The molecule has 0 aliphatic heterocycles. The molecule has 208 valence electrons. The molecule has 6 N–H and O–H groups in total. The Bertz CT molecular complexity index is 452. The maximum Gasteiger partial charge on any atom is 0.466 e. The number of phosphoric acid groups is 1. The Labute approximate surface area is 209 Å². The van der Waals surface area contributed by atoms with Gasteiger partial charge in [-0.3, -0.25) is 4.79 Å². The summed E-state index contributed by atoms with van der Waals surface area (Å²) in [4.78, 5) is 34.1. The summed E-state index contributed by atoms with van der Waals surface area (Å²) >= 11 is 0. The lowest BCUT2D eigenvalue weighted by Gasteiger charge is -2.14. The number of nitrogens with two attached hydrogens (primary N) is 1. The molecule has 0 aromatic rings. The fraction of sp³-hybridized carbons (Fsp3) is 0.960. The van der Waals surface area contributed by atoms with Crippen LogP contribution in [0.4, 0.5) is 0 Å². The molecule has 0 radical (unpaired) electrons. The third-order valence-corrected chi connectivity index (χ3v) is 5.22. The Hall–Kier alpha value is -0.500. The van der Waals surface area contributed by atoms with Crippen molar-refractivity contribution in [1.29, 1.82) is 0 Å². The van der Waals surface area contributed by atoms with Crippen LogP contribution in [-0.4, -0.2) is 57.3 Å². The number of hydrogen-bond donors (Lipinski definition) is 5. The van der Waals surface area contributed by atoms with Gasteiger partial charge in [-0.2, -0.15) is 0 Å². The molecule has 0 spiro atoms. The van der Waals surface area contributed by atoms with Crippen LogP contribution in [0, 0.1) is 0 Å². The first-order valence-electron chi connectivity index (χ1n) is 13.3. The third kappa shape index (κ3) is 53.1. The van der Waals surface area contributed by atoms with Crippen molar-refractivity contribution in [3.63, 3.8) is 0 Å². The van der Waals surface area contributed by atoms with Gasteiger partial charge in [-0.25, -0.2) is 4.57 Å². The van der Waals surface area contributed by atoms with Crippen LogP contribution in [0.3, 0.4) is 0 Å². The van der Waals surface area contributed by atoms with Gasteiger partial charge in [0, 0.05) is 13.0 Å². The zero-order valence-electron chi connectivity index (χ0n) is 22.6. The highest BCUT2D eigenvalue weighted by Gasteiger charge is 2.02. The Kier molecular flexibility index (Phi) is 32.1. The molecule has 0 fully saturated rings. The van der Waals surface area contributed by atoms with Crippen molar-refractivity contribution in [3.8, 4) is 0 Å². The summed E-state index contributed by atoms with van der Waals surface area (Å²) in [6.07, 6.45) is 22.7. The number of nitrogens with zero attached hydrogens (tertiary/aromatic N) is 1. The second-order valence-electron chi connectivity index (χ2n) is 9.38. The van der Waals surface area contributed by atoms with E-state index in [4.69, 9.17) is 25.0 Å². The number of amides is 1. The number of primary amides is 1. The van der Waals surface area contributed by atoms with Gasteiger partial charge in [-0.1, -0.05) is 110 Å². The van der Waals surface area contributed by atoms with E-state index in [1.807, 2.05) is 19.0 Å². The van der Waals surface area contributed by atoms with Crippen molar-refractivity contribution in [2.45, 2.75) is 136 Å². The zero-order chi connectivity index (χ0) is 26.7. The van der Waals surface area contributed by atoms with E-state index in [0.29, 0.717) is 6.42 Å². The van der Waals surface area contributed by atoms with Crippen LogP contribution in [0.25, 0.3) is 0 Å². The molecule has 0 aromatic carbocycles. The summed E-state index contributed by atoms with van der Waals surface area (Å²) in [5.41, 5.74) is 5.11. The predicted octanol–water partition coefficient (Wildman–Crippen LogP) is 5.51. The van der Waals surface area contributed by atoms with Crippen molar-refractivity contribution in [2.75, 3.05) is 20.6 Å². The highest BCUT2D eigenvalue weighted by molar-refractivity contribution is 7.45. The fourth-order valence-corrected chi connectivity index (χ4v) is 3.52. The molecule has 0 bridgehead atoms. The molecule has 0 rings (SSSR count). The molecule has 8 nitrogen and oxygen atoms in total. The van der Waals surface area contributed by atoms with Crippen LogP contribution in [0.15, 0.2) is 0 Å². The maximum absolute atomic E-state index is 10.6. The molecule has 1 unspecified atom stereocenters. The van der Waals surface area contributed by atoms with Crippen LogP contribution in [-0.2, 0) is 9.36 Å². The average molecular weight is 513 g/mol. The second kappa shape index (κ2) is 28.7. The van der Waals surface area contributed by atoms with E-state index in [2.05, 4.69) is 13.8 Å². The molecule has 0 heterocycles. The molecule has 0 aliphatic rings. The SMILES string of the molecule is CCCC(O)CN(C)C.CCCCCCCCCCCCCCCCCC(N)=O.O=P(O)(O)O. The van der Waals surface area contributed by atoms with E-state index < -0.39 is 7.82 Å². The van der Waals surface area contributed by atoms with Crippen LogP contribution >= 0.6 is 7.82 Å². The number of aliphatic hydroxyl groups is 1. The van der Waals surface area contributed by atoms with Gasteiger partial charge in [0.05, 0.1) is 6.10 Å². The number of carbonyl (C=O) groups excluding carboxylic acids is 1. The zero-order valence-corrected chi connectivity index (χ0v) is 23.5. The summed E-state index contributed by atoms with van der Waals surface area (Å²) in [7, 11) is -0.697. The number of rotatable bonds is 20. The van der Waals surface area contributed by atoms with Gasteiger partial charge in [0.25, 0.3) is 0 Å². The van der Waals surface area contributed by atoms with Gasteiger partial charge < -0.3 is 30.4 Å². The smallest absolute Gasteiger partial charge is 0.392 e. The van der Waals surface area contributed by atoms with Gasteiger partial charge in [-0.05, 0) is 26.9 Å². The number of likely N-dealkylation sites (N-methyl/N-ethyl adjacent to an activating group) is 1. The minimum Gasteiger partial charge on any atom is -0.392 e. The lowest BCUT2D eigenvalue weighted by atomic mass is 10.0. The summed E-state index contributed by atoms with van der Waals surface area (Å²) in [5.74, 6) is -0.153. The third-order valence-electron chi connectivity index (χ3n) is 5.22. The van der Waals surface area contributed by atoms with Crippen LogP contribution in [0.5, 0.6) is 0 Å². The standard InChI is InChI=1S/C18H37NO.C7H17NO.H3O4P/c1-2-3-4-5-6-7-8-9-10-11-12-13-14-15-16-17-18(19)20;1-4-5-7(9)6-8(2)3;1-5(2,3)4/h2-17H2,1H3,(H2,19,20);7,9H,4-6H2,1-3H3;(H3,1,2,3,4). The minimum atomic E-state index is -4.64. The largest absolute Gasteiger partial charge is 0.466 e. The van der Waals surface area contributed by atoms with E-state index in [9.17, 15) is 9.90 Å². The highest BCUT2D eigenvalue weighted by Crippen LogP contribution is 2.25. The van der Waals surface area contributed by atoms with Gasteiger partial charge in [0.2, 0.25) is 5.91 Å². The molecule has 1 atom stereocenters. The summed E-state index contributed by atoms with van der Waals surface area (Å²) in [5, 5.41) is 9.18. The first-order valence-corrected chi connectivity index (χ1v) is 14.9. The number of unbranched alkanes of at least 4 members (excludes halogenated alkanes) is 14. The van der Waals surface area contributed by atoms with Gasteiger partial charge in [0.15, 0.2) is 0 Å².